The number of amides is 1. The Morgan fingerprint density at radius 2 is 1.68 bits per heavy atom. The van der Waals surface area contributed by atoms with Crippen molar-refractivity contribution in [3.63, 3.8) is 0 Å². The lowest BCUT2D eigenvalue weighted by molar-refractivity contribution is -0.119. The molecule has 1 aliphatic rings. The molecule has 1 saturated heterocycles. The van der Waals surface area contributed by atoms with Crippen LogP contribution in [0.2, 0.25) is 0 Å². The fraction of sp³-hybridized carbons (Fsp3) is 0.652. The minimum Gasteiger partial charge on any atom is -0.369 e. The number of Topliss-reactive ketones (excluding diaryl/α,β-unsaturated/α-hetero) is 1. The summed E-state index contributed by atoms with van der Waals surface area (Å²) in [7, 11) is 2.08. The van der Waals surface area contributed by atoms with Crippen LogP contribution >= 0.6 is 0 Å². The number of rotatable bonds is 7. The van der Waals surface area contributed by atoms with Gasteiger partial charge in [-0.1, -0.05) is 52.0 Å². The molecule has 1 aromatic rings. The van der Waals surface area contributed by atoms with Crippen LogP contribution in [0.15, 0.2) is 24.3 Å². The van der Waals surface area contributed by atoms with Crippen LogP contribution in [0, 0.1) is 5.92 Å². The predicted octanol–water partition coefficient (Wildman–Crippen LogP) is 3.57. The highest BCUT2D eigenvalue weighted by atomic mass is 16.1. The van der Waals surface area contributed by atoms with Gasteiger partial charge in [-0.3, -0.25) is 14.5 Å². The zero-order chi connectivity index (χ0) is 21.3. The van der Waals surface area contributed by atoms with E-state index in [1.807, 2.05) is 12.1 Å². The molecular formula is C23H41N3O2. The summed E-state index contributed by atoms with van der Waals surface area (Å²) in [6, 6.07) is 8.13. The Morgan fingerprint density at radius 1 is 1.14 bits per heavy atom. The first-order chi connectivity index (χ1) is 13.1. The zero-order valence-corrected chi connectivity index (χ0v) is 18.6. The Bertz CT molecular complexity index is 626. The third-order valence-electron chi connectivity index (χ3n) is 5.60. The molecule has 1 aliphatic heterocycles. The summed E-state index contributed by atoms with van der Waals surface area (Å²) < 4.78 is 0. The van der Waals surface area contributed by atoms with Crippen LogP contribution in [0.4, 0.5) is 0 Å². The second-order valence-corrected chi connectivity index (χ2v) is 8.69. The Kier molecular flexibility index (Phi) is 9.83. The largest absolute Gasteiger partial charge is 0.369 e. The van der Waals surface area contributed by atoms with E-state index in [1.54, 1.807) is 6.92 Å². The van der Waals surface area contributed by atoms with E-state index in [2.05, 4.69) is 56.7 Å². The molecule has 160 valence electrons. The first kappa shape index (κ1) is 24.3. The van der Waals surface area contributed by atoms with Gasteiger partial charge in [0.05, 0.1) is 6.54 Å². The Hall–Kier alpha value is -1.72. The van der Waals surface area contributed by atoms with Gasteiger partial charge < -0.3 is 10.6 Å². The van der Waals surface area contributed by atoms with E-state index in [0.29, 0.717) is 12.5 Å². The standard InChI is InChI=1S/C16H24O.C7H15N3O.H2/c1-6-16(5,11-12(2)3)15-9-7-14(8-10-15)13(4)17;1-9-2-4-10(5-3-9)6-7(8)11;/h7-10,12H,6,11H2,1-5H3;2-6H2,1H3,(H2,8,11);1H. The molecule has 1 atom stereocenters. The number of benzene rings is 1. The normalized spacial score (nSPS) is 17.5. The molecule has 1 amide bonds. The fourth-order valence-electron chi connectivity index (χ4n) is 3.70. The van der Waals surface area contributed by atoms with Gasteiger partial charge in [0.1, 0.15) is 0 Å². The number of piperazine rings is 1. The predicted molar refractivity (Wildman–Crippen MR) is 119 cm³/mol. The van der Waals surface area contributed by atoms with E-state index >= 15 is 0 Å². The molecule has 5 heteroatoms. The Labute approximate surface area is 172 Å². The molecule has 0 aromatic heterocycles. The number of primary amides is 1. The molecule has 2 N–H and O–H groups in total. The number of carbonyl (C=O) groups is 2. The number of likely N-dealkylation sites (N-methyl/N-ethyl adjacent to an activating group) is 1. The molecule has 1 fully saturated rings. The van der Waals surface area contributed by atoms with Crippen LogP contribution in [-0.2, 0) is 10.2 Å². The van der Waals surface area contributed by atoms with Crippen molar-refractivity contribution in [2.45, 2.75) is 52.9 Å². The highest BCUT2D eigenvalue weighted by Crippen LogP contribution is 2.34. The van der Waals surface area contributed by atoms with Gasteiger partial charge in [0.15, 0.2) is 5.78 Å². The number of ketones is 1. The number of hydrogen-bond acceptors (Lipinski definition) is 4. The third-order valence-corrected chi connectivity index (χ3v) is 5.60. The maximum absolute atomic E-state index is 11.3. The van der Waals surface area contributed by atoms with E-state index in [-0.39, 0.29) is 18.5 Å². The van der Waals surface area contributed by atoms with Crippen molar-refractivity contribution in [1.29, 1.82) is 0 Å². The van der Waals surface area contributed by atoms with E-state index in [4.69, 9.17) is 5.73 Å². The van der Waals surface area contributed by atoms with Gasteiger partial charge in [-0.05, 0) is 43.7 Å². The van der Waals surface area contributed by atoms with Gasteiger partial charge in [-0.25, -0.2) is 0 Å². The molecule has 28 heavy (non-hydrogen) atoms. The first-order valence-corrected chi connectivity index (χ1v) is 10.4. The van der Waals surface area contributed by atoms with Crippen molar-refractivity contribution >= 4 is 11.7 Å². The summed E-state index contributed by atoms with van der Waals surface area (Å²) in [5.74, 6) is 0.598. The van der Waals surface area contributed by atoms with Crippen molar-refractivity contribution in [2.24, 2.45) is 11.7 Å². The first-order valence-electron chi connectivity index (χ1n) is 10.4. The van der Waals surface area contributed by atoms with E-state index in [9.17, 15) is 9.59 Å². The molecule has 0 radical (unpaired) electrons. The fourth-order valence-corrected chi connectivity index (χ4v) is 3.70. The van der Waals surface area contributed by atoms with Crippen molar-refractivity contribution in [2.75, 3.05) is 39.8 Å². The lowest BCUT2D eigenvalue weighted by Crippen LogP contribution is -2.47. The number of carbonyl (C=O) groups excluding carboxylic acids is 2. The lowest BCUT2D eigenvalue weighted by Gasteiger charge is -2.31. The van der Waals surface area contributed by atoms with Gasteiger partial charge in [-0.2, -0.15) is 0 Å². The van der Waals surface area contributed by atoms with Crippen molar-refractivity contribution < 1.29 is 11.0 Å². The topological polar surface area (TPSA) is 66.6 Å². The Balaban J connectivity index is 0.000000568. The molecule has 0 aliphatic carbocycles. The minimum atomic E-state index is -0.227. The summed E-state index contributed by atoms with van der Waals surface area (Å²) >= 11 is 0. The molecule has 0 bridgehead atoms. The maximum Gasteiger partial charge on any atom is 0.231 e. The lowest BCUT2D eigenvalue weighted by atomic mass is 9.74. The van der Waals surface area contributed by atoms with Crippen LogP contribution < -0.4 is 5.73 Å². The van der Waals surface area contributed by atoms with Crippen molar-refractivity contribution in [1.82, 2.24) is 9.80 Å². The van der Waals surface area contributed by atoms with Gasteiger partial charge in [0, 0.05) is 33.2 Å². The van der Waals surface area contributed by atoms with Crippen LogP contribution in [0.1, 0.15) is 64.8 Å². The van der Waals surface area contributed by atoms with E-state index < -0.39 is 0 Å². The summed E-state index contributed by atoms with van der Waals surface area (Å²) in [4.78, 5) is 26.1. The molecule has 1 heterocycles. The summed E-state index contributed by atoms with van der Waals surface area (Å²) in [5.41, 5.74) is 7.44. The van der Waals surface area contributed by atoms with Gasteiger partial charge >= 0.3 is 0 Å². The van der Waals surface area contributed by atoms with Crippen LogP contribution in [-0.4, -0.2) is 61.3 Å². The maximum atomic E-state index is 11.3. The second-order valence-electron chi connectivity index (χ2n) is 8.69. The highest BCUT2D eigenvalue weighted by molar-refractivity contribution is 5.94. The van der Waals surface area contributed by atoms with Gasteiger partial charge in [0.25, 0.3) is 0 Å². The summed E-state index contributed by atoms with van der Waals surface area (Å²) in [6.07, 6.45) is 2.31. The molecule has 0 saturated carbocycles. The molecule has 0 spiro atoms. The van der Waals surface area contributed by atoms with Crippen LogP contribution in [0.5, 0.6) is 0 Å². The Morgan fingerprint density at radius 3 is 2.07 bits per heavy atom. The van der Waals surface area contributed by atoms with Crippen LogP contribution in [0.3, 0.4) is 0 Å². The van der Waals surface area contributed by atoms with Crippen molar-refractivity contribution in [3.8, 4) is 0 Å². The number of hydrogen-bond donors (Lipinski definition) is 1. The second kappa shape index (κ2) is 11.3. The van der Waals surface area contributed by atoms with Gasteiger partial charge in [-0.15, -0.1) is 0 Å². The average molecular weight is 392 g/mol. The SMILES string of the molecule is CCC(C)(CC(C)C)c1ccc(C(C)=O)cc1.CN1CCN(CC(N)=O)CC1.[HH]. The highest BCUT2D eigenvalue weighted by Gasteiger charge is 2.25. The smallest absolute Gasteiger partial charge is 0.231 e. The quantitative estimate of drug-likeness (QED) is 0.722. The molecular weight excluding hydrogens is 350 g/mol. The third kappa shape index (κ3) is 8.11. The average Bonchev–Trinajstić information content (AvgIpc) is 2.63. The number of nitrogens with two attached hydrogens (primary N) is 1. The van der Waals surface area contributed by atoms with Crippen LogP contribution in [0.25, 0.3) is 0 Å². The van der Waals surface area contributed by atoms with E-state index in [1.165, 1.54) is 12.0 Å². The zero-order valence-electron chi connectivity index (χ0n) is 18.6. The monoisotopic (exact) mass is 391 g/mol. The molecule has 1 aromatic carbocycles. The van der Waals surface area contributed by atoms with E-state index in [0.717, 1.165) is 38.2 Å². The minimum absolute atomic E-state index is 0. The molecule has 5 nitrogen and oxygen atoms in total. The van der Waals surface area contributed by atoms with Crippen molar-refractivity contribution in [3.05, 3.63) is 35.4 Å². The molecule has 1 unspecified atom stereocenters. The summed E-state index contributed by atoms with van der Waals surface area (Å²) in [5, 5.41) is 0. The van der Waals surface area contributed by atoms with Gasteiger partial charge in [0.2, 0.25) is 5.91 Å². The number of nitrogens with zero attached hydrogens (tertiary/aromatic N) is 2. The molecule has 2 rings (SSSR count). The summed E-state index contributed by atoms with van der Waals surface area (Å²) in [6.45, 7) is 15.1.